The van der Waals surface area contributed by atoms with Gasteiger partial charge in [-0.15, -0.1) is 0 Å². The Morgan fingerprint density at radius 3 is 3.00 bits per heavy atom. The van der Waals surface area contributed by atoms with Crippen molar-refractivity contribution in [2.75, 3.05) is 0 Å². The second kappa shape index (κ2) is 3.29. The van der Waals surface area contributed by atoms with Crippen LogP contribution in [0.3, 0.4) is 0 Å². The molecule has 2 N–H and O–H groups in total. The minimum absolute atomic E-state index is 0.0891. The molecule has 0 saturated carbocycles. The quantitative estimate of drug-likeness (QED) is 0.394. The number of H-pyrrole nitrogens is 1. The number of rotatable bonds is 1. The lowest BCUT2D eigenvalue weighted by molar-refractivity contribution is 0.321. The van der Waals surface area contributed by atoms with Crippen LogP contribution in [0, 0.1) is 0 Å². The molecule has 2 aromatic rings. The van der Waals surface area contributed by atoms with Crippen LogP contribution < -0.4 is 5.56 Å². The van der Waals surface area contributed by atoms with Crippen molar-refractivity contribution in [2.24, 2.45) is 5.16 Å². The molecule has 0 aliphatic heterocycles. The molecule has 5 nitrogen and oxygen atoms in total. The molecule has 0 fully saturated rings. The van der Waals surface area contributed by atoms with Crippen LogP contribution in [0.5, 0.6) is 0 Å². The summed E-state index contributed by atoms with van der Waals surface area (Å²) >= 11 is 0. The molecule has 14 heavy (non-hydrogen) atoms. The van der Waals surface area contributed by atoms with Crippen LogP contribution in [0.4, 0.5) is 0 Å². The first-order valence-corrected chi connectivity index (χ1v) is 3.98. The summed E-state index contributed by atoms with van der Waals surface area (Å²) in [5, 5.41) is 11.1. The van der Waals surface area contributed by atoms with Gasteiger partial charge < -0.3 is 10.2 Å². The average molecular weight is 189 g/mol. The lowest BCUT2D eigenvalue weighted by Crippen LogP contribution is -2.14. The summed E-state index contributed by atoms with van der Waals surface area (Å²) in [5.74, 6) is 0. The normalized spacial score (nSPS) is 11.1. The minimum atomic E-state index is -0.374. The Morgan fingerprint density at radius 1 is 1.43 bits per heavy atom. The molecule has 1 aromatic carbocycles. The van der Waals surface area contributed by atoms with Crippen molar-refractivity contribution in [3.8, 4) is 0 Å². The number of oxime groups is 1. The summed E-state index contributed by atoms with van der Waals surface area (Å²) in [5.41, 5.74) is 1.03. The van der Waals surface area contributed by atoms with Gasteiger partial charge in [0.1, 0.15) is 0 Å². The highest BCUT2D eigenvalue weighted by Gasteiger charge is 2.00. The van der Waals surface area contributed by atoms with Crippen LogP contribution in [0.2, 0.25) is 0 Å². The first-order valence-electron chi connectivity index (χ1n) is 3.98. The van der Waals surface area contributed by atoms with Gasteiger partial charge in [-0.3, -0.25) is 4.79 Å². The van der Waals surface area contributed by atoms with Crippen molar-refractivity contribution in [1.29, 1.82) is 0 Å². The van der Waals surface area contributed by atoms with E-state index in [-0.39, 0.29) is 11.3 Å². The minimum Gasteiger partial charge on any atom is -0.411 e. The Morgan fingerprint density at radius 2 is 2.21 bits per heavy atom. The predicted molar refractivity (Wildman–Crippen MR) is 51.7 cm³/mol. The van der Waals surface area contributed by atoms with E-state index in [2.05, 4.69) is 15.1 Å². The van der Waals surface area contributed by atoms with Gasteiger partial charge in [-0.05, 0) is 12.1 Å². The monoisotopic (exact) mass is 189 g/mol. The van der Waals surface area contributed by atoms with Gasteiger partial charge in [0.15, 0.2) is 5.69 Å². The lowest BCUT2D eigenvalue weighted by Gasteiger charge is -1.96. The molecule has 1 heterocycles. The van der Waals surface area contributed by atoms with E-state index < -0.39 is 0 Å². The lowest BCUT2D eigenvalue weighted by atomic mass is 10.3. The largest absolute Gasteiger partial charge is 0.411 e. The van der Waals surface area contributed by atoms with Crippen LogP contribution in [-0.4, -0.2) is 21.4 Å². The Labute approximate surface area is 78.7 Å². The zero-order chi connectivity index (χ0) is 9.97. The van der Waals surface area contributed by atoms with Gasteiger partial charge in [0, 0.05) is 0 Å². The molecular formula is C9H7N3O2. The van der Waals surface area contributed by atoms with Crippen LogP contribution in [0.15, 0.2) is 34.2 Å². The van der Waals surface area contributed by atoms with Gasteiger partial charge in [-0.1, -0.05) is 17.3 Å². The van der Waals surface area contributed by atoms with Crippen molar-refractivity contribution in [1.82, 2.24) is 9.97 Å². The van der Waals surface area contributed by atoms with E-state index in [1.54, 1.807) is 18.2 Å². The van der Waals surface area contributed by atoms with Crippen molar-refractivity contribution in [3.63, 3.8) is 0 Å². The molecule has 0 saturated heterocycles. The molecular weight excluding hydrogens is 182 g/mol. The van der Waals surface area contributed by atoms with E-state index in [1.807, 2.05) is 6.07 Å². The number of nitrogens with zero attached hydrogens (tertiary/aromatic N) is 2. The van der Waals surface area contributed by atoms with Crippen LogP contribution in [0.25, 0.3) is 11.0 Å². The second-order valence-electron chi connectivity index (χ2n) is 2.71. The number of hydrogen-bond donors (Lipinski definition) is 2. The fraction of sp³-hybridized carbons (Fsp3) is 0. The number of fused-ring (bicyclic) bond motifs is 1. The van der Waals surface area contributed by atoms with Crippen molar-refractivity contribution >= 4 is 17.2 Å². The fourth-order valence-corrected chi connectivity index (χ4v) is 1.19. The molecule has 0 aliphatic carbocycles. The molecule has 0 radical (unpaired) electrons. The molecule has 0 spiro atoms. The molecule has 2 rings (SSSR count). The molecule has 0 atom stereocenters. The number of benzene rings is 1. The Hall–Kier alpha value is -2.17. The molecule has 1 aromatic heterocycles. The Kier molecular flexibility index (Phi) is 1.98. The van der Waals surface area contributed by atoms with Crippen LogP contribution in [-0.2, 0) is 0 Å². The summed E-state index contributed by atoms with van der Waals surface area (Å²) in [7, 11) is 0. The van der Waals surface area contributed by atoms with Crippen molar-refractivity contribution < 1.29 is 5.21 Å². The first kappa shape index (κ1) is 8.43. The Bertz CT molecular complexity index is 545. The maximum atomic E-state index is 11.3. The van der Waals surface area contributed by atoms with E-state index in [0.29, 0.717) is 11.0 Å². The average Bonchev–Trinajstić information content (AvgIpc) is 2.19. The highest BCUT2D eigenvalue weighted by molar-refractivity contribution is 5.81. The summed E-state index contributed by atoms with van der Waals surface area (Å²) < 4.78 is 0. The molecule has 5 heteroatoms. The second-order valence-corrected chi connectivity index (χ2v) is 2.71. The number of aromatic amines is 1. The van der Waals surface area contributed by atoms with Crippen molar-refractivity contribution in [2.45, 2.75) is 0 Å². The van der Waals surface area contributed by atoms with Gasteiger partial charge in [0.05, 0.1) is 17.2 Å². The van der Waals surface area contributed by atoms with Crippen LogP contribution in [0.1, 0.15) is 5.69 Å². The molecule has 0 aliphatic rings. The Balaban J connectivity index is 2.77. The SMILES string of the molecule is O=c1[nH]c2ccccc2nc1/C=N\O. The molecule has 0 bridgehead atoms. The zero-order valence-electron chi connectivity index (χ0n) is 7.14. The van der Waals surface area contributed by atoms with Gasteiger partial charge in [-0.2, -0.15) is 0 Å². The maximum Gasteiger partial charge on any atom is 0.276 e. The fourth-order valence-electron chi connectivity index (χ4n) is 1.19. The van der Waals surface area contributed by atoms with E-state index in [0.717, 1.165) is 6.21 Å². The van der Waals surface area contributed by atoms with E-state index in [1.165, 1.54) is 0 Å². The van der Waals surface area contributed by atoms with E-state index in [9.17, 15) is 4.79 Å². The van der Waals surface area contributed by atoms with Gasteiger partial charge >= 0.3 is 0 Å². The van der Waals surface area contributed by atoms with E-state index in [4.69, 9.17) is 5.21 Å². The summed E-state index contributed by atoms with van der Waals surface area (Å²) in [4.78, 5) is 17.9. The number of hydrogen-bond acceptors (Lipinski definition) is 4. The summed E-state index contributed by atoms with van der Waals surface area (Å²) in [6.07, 6.45) is 1.01. The highest BCUT2D eigenvalue weighted by Crippen LogP contribution is 2.04. The van der Waals surface area contributed by atoms with Crippen LogP contribution >= 0.6 is 0 Å². The highest BCUT2D eigenvalue weighted by atomic mass is 16.4. The molecule has 0 amide bonds. The maximum absolute atomic E-state index is 11.3. The van der Waals surface area contributed by atoms with Gasteiger partial charge in [0.2, 0.25) is 0 Å². The van der Waals surface area contributed by atoms with Gasteiger partial charge in [-0.25, -0.2) is 4.98 Å². The van der Waals surface area contributed by atoms with E-state index >= 15 is 0 Å². The zero-order valence-corrected chi connectivity index (χ0v) is 7.14. The third-order valence-corrected chi connectivity index (χ3v) is 1.81. The number of aromatic nitrogens is 2. The predicted octanol–water partition coefficient (Wildman–Crippen LogP) is 0.731. The van der Waals surface area contributed by atoms with Gasteiger partial charge in [0.25, 0.3) is 5.56 Å². The first-order chi connectivity index (χ1) is 6.81. The number of para-hydroxylation sites is 2. The summed E-state index contributed by atoms with van der Waals surface area (Å²) in [6.45, 7) is 0. The smallest absolute Gasteiger partial charge is 0.276 e. The summed E-state index contributed by atoms with van der Waals surface area (Å²) in [6, 6.07) is 7.14. The molecule has 0 unspecified atom stereocenters. The standard InChI is InChI=1S/C9H7N3O2/c13-9-8(5-10-14)11-6-3-1-2-4-7(6)12-9/h1-5,14H,(H,12,13)/b10-5-. The third kappa shape index (κ3) is 1.35. The molecule has 70 valence electrons. The number of nitrogens with one attached hydrogen (secondary N) is 1. The third-order valence-electron chi connectivity index (χ3n) is 1.81. The topological polar surface area (TPSA) is 78.3 Å². The van der Waals surface area contributed by atoms with Crippen molar-refractivity contribution in [3.05, 3.63) is 40.3 Å².